The van der Waals surface area contributed by atoms with Crippen LogP contribution in [-0.4, -0.2) is 46.5 Å². The highest BCUT2D eigenvalue weighted by atomic mass is 35.5. The second-order valence-corrected chi connectivity index (χ2v) is 9.83. The molecular weight excluding hydrogens is 466 g/mol. The molecule has 0 radical (unpaired) electrons. The molecule has 30 heavy (non-hydrogen) atoms. The van der Waals surface area contributed by atoms with Gasteiger partial charge < -0.3 is 15.1 Å². The number of aliphatic hydroxyl groups excluding tert-OH is 1. The molecule has 2 aromatic carbocycles. The number of benzene rings is 2. The molecule has 2 atom stereocenters. The summed E-state index contributed by atoms with van der Waals surface area (Å²) in [5.74, 6) is 0. The van der Waals surface area contributed by atoms with E-state index in [2.05, 4.69) is 32.6 Å². The minimum Gasteiger partial charge on any atom is -0.375 e. The zero-order valence-electron chi connectivity index (χ0n) is 17.3. The van der Waals surface area contributed by atoms with Crippen LogP contribution in [0.15, 0.2) is 30.3 Å². The highest BCUT2D eigenvalue weighted by Gasteiger charge is 2.52. The first-order valence-corrected chi connectivity index (χ1v) is 11.4. The summed E-state index contributed by atoms with van der Waals surface area (Å²) in [5, 5.41) is 24.5. The van der Waals surface area contributed by atoms with Gasteiger partial charge in [0.25, 0.3) is 0 Å². The lowest BCUT2D eigenvalue weighted by atomic mass is 9.87. The molecule has 1 aliphatic heterocycles. The van der Waals surface area contributed by atoms with E-state index in [1.165, 1.54) is 0 Å². The third-order valence-corrected chi connectivity index (χ3v) is 6.93. The van der Waals surface area contributed by atoms with Gasteiger partial charge in [-0.25, -0.2) is 0 Å². The third-order valence-electron chi connectivity index (χ3n) is 5.68. The molecule has 0 fully saturated rings. The summed E-state index contributed by atoms with van der Waals surface area (Å²) in [6, 6.07) is 8.74. The van der Waals surface area contributed by atoms with Crippen molar-refractivity contribution in [3.63, 3.8) is 0 Å². The maximum Gasteiger partial charge on any atom is 0.164 e. The fraction of sp³-hybridized carbons (Fsp3) is 0.455. The van der Waals surface area contributed by atoms with Crippen LogP contribution in [0.4, 0.5) is 5.69 Å². The molecule has 164 valence electrons. The fourth-order valence-electron chi connectivity index (χ4n) is 4.26. The quantitative estimate of drug-likeness (QED) is 0.536. The van der Waals surface area contributed by atoms with Crippen LogP contribution in [-0.2, 0) is 5.60 Å². The van der Waals surface area contributed by atoms with Crippen molar-refractivity contribution >= 4 is 52.1 Å². The first-order valence-electron chi connectivity index (χ1n) is 9.86. The molecule has 0 bridgehead atoms. The van der Waals surface area contributed by atoms with Crippen molar-refractivity contribution in [3.8, 4) is 0 Å². The van der Waals surface area contributed by atoms with E-state index in [4.69, 9.17) is 46.4 Å². The molecule has 0 saturated heterocycles. The predicted molar refractivity (Wildman–Crippen MR) is 126 cm³/mol. The van der Waals surface area contributed by atoms with Gasteiger partial charge in [-0.05, 0) is 57.5 Å². The fourth-order valence-corrected chi connectivity index (χ4v) is 5.18. The molecule has 8 heteroatoms. The number of fused-ring (bicyclic) bond motifs is 1. The van der Waals surface area contributed by atoms with Crippen molar-refractivity contribution in [3.05, 3.63) is 61.5 Å². The maximum atomic E-state index is 11.8. The number of hydrogen-bond acceptors (Lipinski definition) is 4. The lowest BCUT2D eigenvalue weighted by Gasteiger charge is -2.36. The summed E-state index contributed by atoms with van der Waals surface area (Å²) >= 11 is 25.1. The number of rotatable bonds is 6. The summed E-state index contributed by atoms with van der Waals surface area (Å²) < 4.78 is 0. The van der Waals surface area contributed by atoms with Crippen molar-refractivity contribution in [2.45, 2.75) is 51.6 Å². The van der Waals surface area contributed by atoms with Crippen molar-refractivity contribution in [2.24, 2.45) is 0 Å². The molecule has 0 saturated carbocycles. The molecule has 4 nitrogen and oxygen atoms in total. The van der Waals surface area contributed by atoms with E-state index in [0.717, 1.165) is 0 Å². The van der Waals surface area contributed by atoms with E-state index in [1.807, 2.05) is 0 Å². The Labute approximate surface area is 197 Å². The molecule has 2 N–H and O–H groups in total. The summed E-state index contributed by atoms with van der Waals surface area (Å²) in [5.41, 5.74) is -0.380. The van der Waals surface area contributed by atoms with Crippen molar-refractivity contribution < 1.29 is 10.2 Å². The van der Waals surface area contributed by atoms with E-state index >= 15 is 0 Å². The van der Waals surface area contributed by atoms with Crippen LogP contribution >= 0.6 is 46.4 Å². The van der Waals surface area contributed by atoms with E-state index in [-0.39, 0.29) is 10.0 Å². The van der Waals surface area contributed by atoms with Crippen molar-refractivity contribution in [1.29, 1.82) is 0 Å². The Balaban J connectivity index is 2.08. The third kappa shape index (κ3) is 4.16. The van der Waals surface area contributed by atoms with Gasteiger partial charge in [-0.15, -0.1) is 0 Å². The molecular formula is C22H26Cl4N2O2. The standard InChI is InChI=1S/C22H26Cl4N2O2/c1-12(2)27(13(3)4)7-8-28-19-11-15(23)10-18(26)20(19)22(30,21(28)29)14-5-6-16(24)17(25)9-14/h5-6,9-13,21,29-30H,7-8H2,1-4H3. The molecule has 3 rings (SSSR count). The van der Waals surface area contributed by atoms with Crippen LogP contribution in [0.1, 0.15) is 38.8 Å². The minimum absolute atomic E-state index is 0.275. The number of hydrogen-bond donors (Lipinski definition) is 2. The zero-order chi connectivity index (χ0) is 22.4. The monoisotopic (exact) mass is 490 g/mol. The van der Waals surface area contributed by atoms with Gasteiger partial charge in [0.1, 0.15) is 0 Å². The molecule has 0 aromatic heterocycles. The smallest absolute Gasteiger partial charge is 0.164 e. The van der Waals surface area contributed by atoms with Gasteiger partial charge in [0.2, 0.25) is 0 Å². The largest absolute Gasteiger partial charge is 0.375 e. The Morgan fingerprint density at radius 3 is 2.17 bits per heavy atom. The highest BCUT2D eigenvalue weighted by Crippen LogP contribution is 2.51. The Morgan fingerprint density at radius 2 is 1.60 bits per heavy atom. The van der Waals surface area contributed by atoms with Crippen LogP contribution in [0.25, 0.3) is 0 Å². The van der Waals surface area contributed by atoms with Crippen LogP contribution in [0.3, 0.4) is 0 Å². The van der Waals surface area contributed by atoms with E-state index in [9.17, 15) is 10.2 Å². The summed E-state index contributed by atoms with van der Waals surface area (Å²) in [4.78, 5) is 4.06. The molecule has 2 unspecified atom stereocenters. The van der Waals surface area contributed by atoms with Gasteiger partial charge in [0, 0.05) is 41.4 Å². The van der Waals surface area contributed by atoms with Crippen molar-refractivity contribution in [2.75, 3.05) is 18.0 Å². The second-order valence-electron chi connectivity index (χ2n) is 8.17. The summed E-state index contributed by atoms with van der Waals surface area (Å²) in [6.45, 7) is 9.70. The predicted octanol–water partition coefficient (Wildman–Crippen LogP) is 5.79. The average Bonchev–Trinajstić information content (AvgIpc) is 2.85. The van der Waals surface area contributed by atoms with Gasteiger partial charge in [-0.3, -0.25) is 4.90 Å². The number of nitrogens with zero attached hydrogens (tertiary/aromatic N) is 2. The lowest BCUT2D eigenvalue weighted by molar-refractivity contribution is -0.0391. The molecule has 1 aliphatic rings. The molecule has 2 aromatic rings. The average molecular weight is 492 g/mol. The summed E-state index contributed by atoms with van der Waals surface area (Å²) in [7, 11) is 0. The SMILES string of the molecule is CC(C)N(CCN1c2cc(Cl)cc(Cl)c2C(O)(c2ccc(Cl)c(Cl)c2)C1O)C(C)C. The summed E-state index contributed by atoms with van der Waals surface area (Å²) in [6.07, 6.45) is -1.28. The molecule has 0 amide bonds. The normalized spacial score (nSPS) is 21.2. The maximum absolute atomic E-state index is 11.8. The molecule has 0 aliphatic carbocycles. The highest BCUT2D eigenvalue weighted by molar-refractivity contribution is 6.42. The topological polar surface area (TPSA) is 46.9 Å². The lowest BCUT2D eigenvalue weighted by Crippen LogP contribution is -2.49. The number of halogens is 4. The molecule has 0 spiro atoms. The van der Waals surface area contributed by atoms with Gasteiger partial charge in [0.05, 0.1) is 15.1 Å². The van der Waals surface area contributed by atoms with E-state index < -0.39 is 11.8 Å². The van der Waals surface area contributed by atoms with E-state index in [1.54, 1.807) is 35.2 Å². The van der Waals surface area contributed by atoms with Crippen LogP contribution in [0.5, 0.6) is 0 Å². The number of aliphatic hydroxyl groups is 2. The van der Waals surface area contributed by atoms with Crippen LogP contribution in [0.2, 0.25) is 20.1 Å². The first kappa shape index (κ1) is 23.9. The van der Waals surface area contributed by atoms with Gasteiger partial charge in [0.15, 0.2) is 11.8 Å². The Kier molecular flexibility index (Phi) is 7.20. The van der Waals surface area contributed by atoms with Gasteiger partial charge in [-0.1, -0.05) is 52.5 Å². The minimum atomic E-state index is -1.79. The Hall–Kier alpha value is -0.720. The Morgan fingerprint density at radius 1 is 0.967 bits per heavy atom. The van der Waals surface area contributed by atoms with Crippen LogP contribution < -0.4 is 4.90 Å². The second kappa shape index (κ2) is 9.03. The van der Waals surface area contributed by atoms with E-state index in [0.29, 0.717) is 52.0 Å². The van der Waals surface area contributed by atoms with Gasteiger partial charge in [-0.2, -0.15) is 0 Å². The zero-order valence-corrected chi connectivity index (χ0v) is 20.4. The van der Waals surface area contributed by atoms with Crippen molar-refractivity contribution in [1.82, 2.24) is 4.90 Å². The number of anilines is 1. The Bertz CT molecular complexity index is 930. The molecule has 1 heterocycles. The van der Waals surface area contributed by atoms with Gasteiger partial charge >= 0.3 is 0 Å². The first-order chi connectivity index (χ1) is 14.0. The van der Waals surface area contributed by atoms with Crippen LogP contribution in [0, 0.1) is 0 Å².